The highest BCUT2D eigenvalue weighted by molar-refractivity contribution is 5.69. The van der Waals surface area contributed by atoms with Crippen LogP contribution in [-0.4, -0.2) is 19.1 Å². The zero-order chi connectivity index (χ0) is 17.2. The summed E-state index contributed by atoms with van der Waals surface area (Å²) in [4.78, 5) is 11.7. The molecule has 138 valence electrons. The molecule has 0 rings (SSSR count). The first-order valence-electron chi connectivity index (χ1n) is 10.1. The zero-order valence-corrected chi connectivity index (χ0v) is 15.8. The van der Waals surface area contributed by atoms with Gasteiger partial charge in [-0.1, -0.05) is 78.1 Å². The van der Waals surface area contributed by atoms with Crippen molar-refractivity contribution in [1.29, 1.82) is 0 Å². The predicted octanol–water partition coefficient (Wildman–Crippen LogP) is 5.61. The molecule has 0 aromatic heterocycles. The molecule has 3 nitrogen and oxygen atoms in total. The van der Waals surface area contributed by atoms with Gasteiger partial charge < -0.3 is 10.5 Å². The van der Waals surface area contributed by atoms with E-state index in [0.717, 1.165) is 25.8 Å². The highest BCUT2D eigenvalue weighted by Crippen LogP contribution is 2.14. The van der Waals surface area contributed by atoms with Crippen molar-refractivity contribution in [2.24, 2.45) is 11.7 Å². The molecule has 1 atom stereocenters. The topological polar surface area (TPSA) is 52.3 Å². The lowest BCUT2D eigenvalue weighted by atomic mass is 10.0. The molecule has 0 aromatic rings. The monoisotopic (exact) mass is 327 g/mol. The second-order valence-electron chi connectivity index (χ2n) is 6.82. The van der Waals surface area contributed by atoms with Crippen LogP contribution in [0.2, 0.25) is 0 Å². The molecule has 0 aromatic carbocycles. The van der Waals surface area contributed by atoms with Gasteiger partial charge >= 0.3 is 5.97 Å². The maximum atomic E-state index is 11.7. The lowest BCUT2D eigenvalue weighted by molar-refractivity contribution is -0.145. The quantitative estimate of drug-likeness (QED) is 0.279. The SMILES string of the molecule is CCCCC(CC)COC(=O)CCCCCCCCCCCN. The van der Waals surface area contributed by atoms with E-state index in [1.165, 1.54) is 64.2 Å². The molecule has 3 heteroatoms. The summed E-state index contributed by atoms with van der Waals surface area (Å²) in [6.45, 7) is 5.84. The molecule has 2 N–H and O–H groups in total. The van der Waals surface area contributed by atoms with Gasteiger partial charge in [-0.2, -0.15) is 0 Å². The van der Waals surface area contributed by atoms with Gasteiger partial charge in [0.2, 0.25) is 0 Å². The number of hydrogen-bond donors (Lipinski definition) is 1. The second kappa shape index (κ2) is 17.8. The van der Waals surface area contributed by atoms with Crippen molar-refractivity contribution in [1.82, 2.24) is 0 Å². The van der Waals surface area contributed by atoms with Gasteiger partial charge in [0.1, 0.15) is 0 Å². The fourth-order valence-corrected chi connectivity index (χ4v) is 2.83. The van der Waals surface area contributed by atoms with Gasteiger partial charge in [0, 0.05) is 6.42 Å². The Morgan fingerprint density at radius 1 is 0.870 bits per heavy atom. The lowest BCUT2D eigenvalue weighted by Gasteiger charge is -2.14. The van der Waals surface area contributed by atoms with Crippen molar-refractivity contribution in [2.45, 2.75) is 104 Å². The minimum atomic E-state index is 0.00160. The Balaban J connectivity index is 3.36. The summed E-state index contributed by atoms with van der Waals surface area (Å²) in [6.07, 6.45) is 16.5. The molecule has 0 heterocycles. The third kappa shape index (κ3) is 16.1. The number of rotatable bonds is 17. The smallest absolute Gasteiger partial charge is 0.305 e. The molecule has 0 aliphatic carbocycles. The van der Waals surface area contributed by atoms with Crippen LogP contribution in [-0.2, 0) is 9.53 Å². The van der Waals surface area contributed by atoms with Gasteiger partial charge in [-0.3, -0.25) is 4.79 Å². The summed E-state index contributed by atoms with van der Waals surface area (Å²) in [5.41, 5.74) is 5.48. The lowest BCUT2D eigenvalue weighted by Crippen LogP contribution is -2.13. The van der Waals surface area contributed by atoms with Crippen molar-refractivity contribution < 1.29 is 9.53 Å². The van der Waals surface area contributed by atoms with E-state index in [-0.39, 0.29) is 5.97 Å². The molecule has 0 bridgehead atoms. The summed E-state index contributed by atoms with van der Waals surface area (Å²) in [5.74, 6) is 0.555. The fourth-order valence-electron chi connectivity index (χ4n) is 2.83. The van der Waals surface area contributed by atoms with E-state index in [4.69, 9.17) is 10.5 Å². The number of ether oxygens (including phenoxy) is 1. The van der Waals surface area contributed by atoms with Crippen LogP contribution in [0.25, 0.3) is 0 Å². The first kappa shape index (κ1) is 22.4. The molecule has 0 fully saturated rings. The molecule has 0 amide bonds. The Morgan fingerprint density at radius 2 is 1.43 bits per heavy atom. The number of carbonyl (C=O) groups is 1. The van der Waals surface area contributed by atoms with E-state index in [1.807, 2.05) is 0 Å². The van der Waals surface area contributed by atoms with Gasteiger partial charge in [0.25, 0.3) is 0 Å². The summed E-state index contributed by atoms with van der Waals surface area (Å²) in [7, 11) is 0. The number of hydrogen-bond acceptors (Lipinski definition) is 3. The maximum absolute atomic E-state index is 11.7. The molecule has 0 saturated carbocycles. The first-order chi connectivity index (χ1) is 11.2. The number of carbonyl (C=O) groups excluding carboxylic acids is 1. The fraction of sp³-hybridized carbons (Fsp3) is 0.950. The van der Waals surface area contributed by atoms with E-state index < -0.39 is 0 Å². The highest BCUT2D eigenvalue weighted by atomic mass is 16.5. The number of nitrogens with two attached hydrogens (primary N) is 1. The van der Waals surface area contributed by atoms with Crippen LogP contribution in [0.1, 0.15) is 104 Å². The van der Waals surface area contributed by atoms with Crippen molar-refractivity contribution in [2.75, 3.05) is 13.2 Å². The average Bonchev–Trinajstić information content (AvgIpc) is 2.56. The molecular formula is C20H41NO2. The Hall–Kier alpha value is -0.570. The Labute approximate surface area is 144 Å². The van der Waals surface area contributed by atoms with Gasteiger partial charge in [-0.25, -0.2) is 0 Å². The summed E-state index contributed by atoms with van der Waals surface area (Å²) in [6, 6.07) is 0. The van der Waals surface area contributed by atoms with E-state index in [9.17, 15) is 4.79 Å². The van der Waals surface area contributed by atoms with Crippen molar-refractivity contribution in [3.05, 3.63) is 0 Å². The van der Waals surface area contributed by atoms with E-state index >= 15 is 0 Å². The summed E-state index contributed by atoms with van der Waals surface area (Å²) < 4.78 is 5.43. The summed E-state index contributed by atoms with van der Waals surface area (Å²) in [5, 5.41) is 0. The highest BCUT2D eigenvalue weighted by Gasteiger charge is 2.09. The van der Waals surface area contributed by atoms with Crippen LogP contribution >= 0.6 is 0 Å². The van der Waals surface area contributed by atoms with Crippen molar-refractivity contribution in [3.8, 4) is 0 Å². The van der Waals surface area contributed by atoms with Crippen LogP contribution in [0.15, 0.2) is 0 Å². The molecule has 0 saturated heterocycles. The van der Waals surface area contributed by atoms with Gasteiger partial charge in [-0.15, -0.1) is 0 Å². The van der Waals surface area contributed by atoms with E-state index in [1.54, 1.807) is 0 Å². The van der Waals surface area contributed by atoms with Crippen LogP contribution in [0.4, 0.5) is 0 Å². The Kier molecular flexibility index (Phi) is 17.3. The largest absolute Gasteiger partial charge is 0.465 e. The maximum Gasteiger partial charge on any atom is 0.305 e. The minimum absolute atomic E-state index is 0.00160. The third-order valence-corrected chi connectivity index (χ3v) is 4.61. The standard InChI is InChI=1S/C20H41NO2/c1-3-5-15-19(4-2)18-23-20(22)16-13-11-9-7-6-8-10-12-14-17-21/h19H,3-18,21H2,1-2H3. The Bertz CT molecular complexity index is 256. The van der Waals surface area contributed by atoms with Crippen molar-refractivity contribution in [3.63, 3.8) is 0 Å². The number of unbranched alkanes of at least 4 members (excludes halogenated alkanes) is 9. The summed E-state index contributed by atoms with van der Waals surface area (Å²) >= 11 is 0. The minimum Gasteiger partial charge on any atom is -0.465 e. The van der Waals surface area contributed by atoms with Crippen LogP contribution in [0.5, 0.6) is 0 Å². The normalized spacial score (nSPS) is 12.3. The van der Waals surface area contributed by atoms with Gasteiger partial charge in [0.05, 0.1) is 6.61 Å². The van der Waals surface area contributed by atoms with Crippen molar-refractivity contribution >= 4 is 5.97 Å². The first-order valence-corrected chi connectivity index (χ1v) is 10.1. The second-order valence-corrected chi connectivity index (χ2v) is 6.82. The average molecular weight is 328 g/mol. The molecule has 0 aliphatic heterocycles. The van der Waals surface area contributed by atoms with E-state index in [2.05, 4.69) is 13.8 Å². The molecule has 0 spiro atoms. The molecule has 0 radical (unpaired) electrons. The Morgan fingerprint density at radius 3 is 1.96 bits per heavy atom. The molecule has 0 aliphatic rings. The predicted molar refractivity (Wildman–Crippen MR) is 99.5 cm³/mol. The third-order valence-electron chi connectivity index (χ3n) is 4.61. The number of esters is 1. The van der Waals surface area contributed by atoms with E-state index in [0.29, 0.717) is 18.9 Å². The van der Waals surface area contributed by atoms with Crippen LogP contribution in [0.3, 0.4) is 0 Å². The molecule has 23 heavy (non-hydrogen) atoms. The van der Waals surface area contributed by atoms with Crippen LogP contribution in [0, 0.1) is 5.92 Å². The van der Waals surface area contributed by atoms with Gasteiger partial charge in [0.15, 0.2) is 0 Å². The van der Waals surface area contributed by atoms with Gasteiger partial charge in [-0.05, 0) is 31.7 Å². The molecule has 1 unspecified atom stereocenters. The molecular weight excluding hydrogens is 286 g/mol. The van der Waals surface area contributed by atoms with Crippen LogP contribution < -0.4 is 5.73 Å². The zero-order valence-electron chi connectivity index (χ0n) is 15.8.